The smallest absolute Gasteiger partial charge is 0.326 e. The number of ether oxygens (including phenoxy) is 4. The molecule has 29 heteroatoms. The molecule has 0 bridgehead atoms. The summed E-state index contributed by atoms with van der Waals surface area (Å²) in [5.74, 6) is -0.478. The Morgan fingerprint density at radius 2 is 0.971 bits per heavy atom. The minimum atomic E-state index is -0.798. The summed E-state index contributed by atoms with van der Waals surface area (Å²) in [6.45, 7) is 7.07. The number of nitrogens with zero attached hydrogens (tertiary/aromatic N) is 6. The average molecular weight is 1000 g/mol. The number of nitrogens with two attached hydrogens (primary N) is 1. The van der Waals surface area contributed by atoms with E-state index in [1.165, 1.54) is 21.0 Å². The zero-order valence-corrected chi connectivity index (χ0v) is 39.1. The lowest BCUT2D eigenvalue weighted by Gasteiger charge is -2.39. The third kappa shape index (κ3) is 12.1. The molecular weight excluding hydrogens is 935 g/mol. The Morgan fingerprint density at radius 1 is 0.600 bits per heavy atom. The van der Waals surface area contributed by atoms with Crippen LogP contribution in [0.1, 0.15) is 53.4 Å². The second-order valence-corrected chi connectivity index (χ2v) is 18.7. The van der Waals surface area contributed by atoms with Gasteiger partial charge in [0.25, 0.3) is 0 Å². The van der Waals surface area contributed by atoms with E-state index in [0.29, 0.717) is 30.4 Å². The van der Waals surface area contributed by atoms with Crippen LogP contribution in [0.25, 0.3) is 0 Å². The van der Waals surface area contributed by atoms with Crippen molar-refractivity contribution in [2.24, 2.45) is 17.3 Å². The number of urea groups is 3. The van der Waals surface area contributed by atoms with Crippen molar-refractivity contribution in [2.75, 3.05) is 68.7 Å². The molecular formula is C41H65N11O18. The fourth-order valence-corrected chi connectivity index (χ4v) is 8.70. The van der Waals surface area contributed by atoms with E-state index in [2.05, 4.69) is 31.2 Å². The molecule has 8 aliphatic rings. The molecule has 0 saturated carbocycles. The van der Waals surface area contributed by atoms with Crippen LogP contribution in [-0.2, 0) is 33.3 Å². The molecule has 70 heavy (non-hydrogen) atoms. The zero-order chi connectivity index (χ0) is 51.4. The van der Waals surface area contributed by atoms with E-state index in [9.17, 15) is 49.2 Å². The molecule has 0 spiro atoms. The number of aromatic nitrogens is 2. The van der Waals surface area contributed by atoms with Crippen molar-refractivity contribution in [3.05, 3.63) is 6.33 Å². The number of carbonyl (C=O) groups is 6. The largest absolute Gasteiger partial charge is 0.394 e. The van der Waals surface area contributed by atoms with Gasteiger partial charge in [-0.05, 0) is 13.8 Å². The van der Waals surface area contributed by atoms with Crippen molar-refractivity contribution in [3.63, 3.8) is 0 Å². The van der Waals surface area contributed by atoms with Crippen molar-refractivity contribution < 1.29 is 88.6 Å². The number of nitrogens with one attached hydrogen (secondary N) is 4. The number of hydrogen-bond donors (Lipinski definition) is 13. The summed E-state index contributed by atoms with van der Waals surface area (Å²) in [6.07, 6.45) is -5.13. The number of carbonyl (C=O) groups excluding carboxylic acids is 6. The summed E-state index contributed by atoms with van der Waals surface area (Å²) in [5.41, 5.74) is 5.73. The number of amides is 9. The molecule has 0 aromatic carbocycles. The van der Waals surface area contributed by atoms with Crippen LogP contribution in [-0.4, -0.2) is 228 Å². The lowest BCUT2D eigenvalue weighted by Crippen LogP contribution is -2.61. The summed E-state index contributed by atoms with van der Waals surface area (Å²) in [6, 6.07) is -1.54. The fourth-order valence-electron chi connectivity index (χ4n) is 8.70. The number of imide groups is 3. The highest BCUT2D eigenvalue weighted by molar-refractivity contribution is 6.00. The van der Waals surface area contributed by atoms with Gasteiger partial charge in [0.05, 0.1) is 74.8 Å². The molecule has 392 valence electrons. The summed E-state index contributed by atoms with van der Waals surface area (Å²) in [4.78, 5) is 83.2. The van der Waals surface area contributed by atoms with E-state index < -0.39 is 91.0 Å². The lowest BCUT2D eigenvalue weighted by molar-refractivity contribution is -0.135. The first-order valence-electron chi connectivity index (χ1n) is 22.8. The van der Waals surface area contributed by atoms with Gasteiger partial charge < -0.3 is 75.8 Å². The van der Waals surface area contributed by atoms with Crippen molar-refractivity contribution in [1.29, 1.82) is 0 Å². The van der Waals surface area contributed by atoms with Gasteiger partial charge in [0.1, 0.15) is 61.3 Å². The maximum Gasteiger partial charge on any atom is 0.326 e. The Labute approximate surface area is 401 Å². The molecule has 13 unspecified atom stereocenters. The summed E-state index contributed by atoms with van der Waals surface area (Å²) in [7, 11) is 0. The van der Waals surface area contributed by atoms with Gasteiger partial charge in [0, 0.05) is 45.3 Å². The van der Waals surface area contributed by atoms with Gasteiger partial charge in [-0.3, -0.25) is 45.0 Å². The Bertz CT molecular complexity index is 2000. The molecule has 0 aliphatic carbocycles. The Morgan fingerprint density at radius 3 is 1.36 bits per heavy atom. The van der Waals surface area contributed by atoms with E-state index in [4.69, 9.17) is 45.1 Å². The number of fused-ring (bicyclic) bond motifs is 1. The molecule has 7 fully saturated rings. The minimum absolute atomic E-state index is 0.197. The maximum absolute atomic E-state index is 11.8. The minimum Gasteiger partial charge on any atom is -0.394 e. The quantitative estimate of drug-likeness (QED) is 0.116. The van der Waals surface area contributed by atoms with Crippen LogP contribution in [0.2, 0.25) is 0 Å². The molecule has 29 nitrogen and oxygen atoms in total. The SMILES string of the molecule is CC1(C)CN(C2CC(O)C(CO)O2)C(=O)NC1=O.CC1CN(C2CC(O)C(CO)O2)C(=O)NC1=O.C[C@@H]1CN(C2CC(O)C(CO)O2)C(=O)NC1=O.Nc1ncnc2c1NCN2C1CC(O)C(CO)O1. The van der Waals surface area contributed by atoms with Crippen LogP contribution in [0, 0.1) is 17.3 Å². The van der Waals surface area contributed by atoms with E-state index in [-0.39, 0.29) is 101 Å². The van der Waals surface area contributed by atoms with Gasteiger partial charge in [-0.25, -0.2) is 24.4 Å². The molecule has 14 atom stereocenters. The Balaban J connectivity index is 0.000000153. The van der Waals surface area contributed by atoms with Crippen LogP contribution in [0.4, 0.5) is 31.7 Å². The van der Waals surface area contributed by atoms with Gasteiger partial charge in [0.15, 0.2) is 11.6 Å². The van der Waals surface area contributed by atoms with Gasteiger partial charge in [-0.15, -0.1) is 0 Å². The first-order valence-corrected chi connectivity index (χ1v) is 22.8. The molecule has 9 amide bonds. The summed E-state index contributed by atoms with van der Waals surface area (Å²) >= 11 is 0. The first kappa shape index (κ1) is 54.2. The van der Waals surface area contributed by atoms with E-state index in [1.54, 1.807) is 27.7 Å². The predicted molar refractivity (Wildman–Crippen MR) is 236 cm³/mol. The molecule has 9 rings (SSSR count). The number of aliphatic hydroxyl groups is 8. The number of nitrogen functional groups attached to an aromatic ring is 1. The fraction of sp³-hybridized carbons (Fsp3) is 0.756. The number of hydrogen-bond acceptors (Lipinski definition) is 23. The third-order valence-corrected chi connectivity index (χ3v) is 13.0. The molecule has 14 N–H and O–H groups in total. The topological polar surface area (TPSA) is 414 Å². The number of anilines is 3. The predicted octanol–water partition coefficient (Wildman–Crippen LogP) is -4.97. The monoisotopic (exact) mass is 999 g/mol. The van der Waals surface area contributed by atoms with Crippen LogP contribution in [0.5, 0.6) is 0 Å². The molecule has 8 aliphatic heterocycles. The van der Waals surface area contributed by atoms with Gasteiger partial charge in [-0.1, -0.05) is 13.8 Å². The first-order chi connectivity index (χ1) is 33.1. The number of rotatable bonds is 8. The highest BCUT2D eigenvalue weighted by Gasteiger charge is 2.47. The number of aliphatic hydroxyl groups excluding tert-OH is 8. The Hall–Kier alpha value is -5.18. The summed E-state index contributed by atoms with van der Waals surface area (Å²) in [5, 5.41) is 84.4. The summed E-state index contributed by atoms with van der Waals surface area (Å²) < 4.78 is 21.7. The molecule has 0 radical (unpaired) electrons. The zero-order valence-electron chi connectivity index (χ0n) is 39.1. The van der Waals surface area contributed by atoms with Gasteiger partial charge in [-0.2, -0.15) is 0 Å². The van der Waals surface area contributed by atoms with Crippen molar-refractivity contribution >= 4 is 53.1 Å². The average Bonchev–Trinajstić information content (AvgIpc) is 4.16. The van der Waals surface area contributed by atoms with Crippen LogP contribution in [0.3, 0.4) is 0 Å². The molecule has 1 aromatic heterocycles. The van der Waals surface area contributed by atoms with Crippen molar-refractivity contribution in [2.45, 2.75) is 127 Å². The molecule has 9 heterocycles. The molecule has 7 saturated heterocycles. The standard InChI is InChI=1S/C11H18N2O5.C10H15N5O3.2C10H16N2O5/c1-11(2)5-13(10(17)12-9(11)16)8-3-6(15)7(4-14)18-8;11-9-8-10(13-3-12-9)15(4-14-8)7-1-5(17)6(2-16)18-7;2*1-5-3-12(10(16)11-9(5)15)8-2-6(14)7(4-13)17-8/h6-8,14-15H,3-5H2,1-2H3,(H,12,16,17);3,5-7,14,16-17H,1-2,4H2,(H2,11,12,13);2*5-8,13-14H,2-4H2,1H3,(H,11,15,16)/t;;5-,6?,7?,8?;/m..1./s1. The van der Waals surface area contributed by atoms with Gasteiger partial charge >= 0.3 is 18.1 Å². The van der Waals surface area contributed by atoms with Crippen LogP contribution in [0.15, 0.2) is 6.33 Å². The third-order valence-electron chi connectivity index (χ3n) is 13.0. The van der Waals surface area contributed by atoms with E-state index in [1.807, 2.05) is 4.90 Å². The van der Waals surface area contributed by atoms with E-state index >= 15 is 0 Å². The normalized spacial score (nSPS) is 35.7. The lowest BCUT2D eigenvalue weighted by atomic mass is 9.90. The van der Waals surface area contributed by atoms with Gasteiger partial charge in [0.2, 0.25) is 17.7 Å². The Kier molecular flexibility index (Phi) is 17.7. The van der Waals surface area contributed by atoms with E-state index in [0.717, 1.165) is 0 Å². The maximum atomic E-state index is 11.8. The highest BCUT2D eigenvalue weighted by Crippen LogP contribution is 2.37. The van der Waals surface area contributed by atoms with Crippen molar-refractivity contribution in [1.82, 2.24) is 40.6 Å². The second-order valence-electron chi connectivity index (χ2n) is 18.7. The van der Waals surface area contributed by atoms with Crippen LogP contribution >= 0.6 is 0 Å². The highest BCUT2D eigenvalue weighted by atomic mass is 16.6. The van der Waals surface area contributed by atoms with Crippen LogP contribution < -0.4 is 31.9 Å². The second kappa shape index (κ2) is 22.9. The van der Waals surface area contributed by atoms with Crippen molar-refractivity contribution in [3.8, 4) is 0 Å². The molecule has 1 aromatic rings.